The minimum Gasteiger partial charge on any atom is -0.382 e. The molecule has 1 aliphatic rings. The van der Waals surface area contributed by atoms with Gasteiger partial charge in [-0.25, -0.2) is 0 Å². The number of hydrogen-bond donors (Lipinski definition) is 1. The Hall–Kier alpha value is -0.160. The standard InChI is InChI=1S/C13H27NO3/c1-5-6-10(2)17-12-9-11(14-3)13(12)16-8-7-15-4/h10-14H,5-9H2,1-4H3. The van der Waals surface area contributed by atoms with E-state index in [0.717, 1.165) is 12.8 Å². The molecule has 0 aliphatic heterocycles. The number of nitrogens with one attached hydrogen (secondary N) is 1. The molecule has 0 aromatic heterocycles. The Balaban J connectivity index is 2.28. The van der Waals surface area contributed by atoms with Crippen molar-refractivity contribution < 1.29 is 14.2 Å². The number of methoxy groups -OCH3 is 1. The Labute approximate surface area is 105 Å². The maximum absolute atomic E-state index is 6.00. The van der Waals surface area contributed by atoms with Crippen LogP contribution in [0.5, 0.6) is 0 Å². The quantitative estimate of drug-likeness (QED) is 0.626. The summed E-state index contributed by atoms with van der Waals surface area (Å²) < 4.78 is 16.8. The van der Waals surface area contributed by atoms with Gasteiger partial charge in [0.05, 0.1) is 31.5 Å². The lowest BCUT2D eigenvalue weighted by Crippen LogP contribution is -2.60. The first-order valence-electron chi connectivity index (χ1n) is 6.66. The molecule has 0 saturated heterocycles. The van der Waals surface area contributed by atoms with Crippen LogP contribution in [0.15, 0.2) is 0 Å². The van der Waals surface area contributed by atoms with E-state index in [-0.39, 0.29) is 12.2 Å². The van der Waals surface area contributed by atoms with Gasteiger partial charge < -0.3 is 19.5 Å². The smallest absolute Gasteiger partial charge is 0.0991 e. The predicted octanol–water partition coefficient (Wildman–Crippen LogP) is 1.58. The van der Waals surface area contributed by atoms with Crippen LogP contribution < -0.4 is 5.32 Å². The molecule has 0 heterocycles. The van der Waals surface area contributed by atoms with Crippen LogP contribution in [0.3, 0.4) is 0 Å². The molecule has 0 aromatic rings. The molecule has 1 fully saturated rings. The summed E-state index contributed by atoms with van der Waals surface area (Å²) in [4.78, 5) is 0. The fraction of sp³-hybridized carbons (Fsp3) is 1.00. The van der Waals surface area contributed by atoms with E-state index in [9.17, 15) is 0 Å². The Morgan fingerprint density at radius 2 is 2.12 bits per heavy atom. The van der Waals surface area contributed by atoms with Gasteiger partial charge in [0.25, 0.3) is 0 Å². The largest absolute Gasteiger partial charge is 0.382 e. The van der Waals surface area contributed by atoms with Crippen LogP contribution in [-0.2, 0) is 14.2 Å². The average Bonchev–Trinajstić information content (AvgIpc) is 2.30. The first kappa shape index (κ1) is 14.9. The molecule has 102 valence electrons. The van der Waals surface area contributed by atoms with E-state index in [1.807, 2.05) is 7.05 Å². The Morgan fingerprint density at radius 3 is 2.71 bits per heavy atom. The zero-order valence-corrected chi connectivity index (χ0v) is 11.6. The molecule has 0 radical (unpaired) electrons. The second kappa shape index (κ2) is 8.03. The van der Waals surface area contributed by atoms with Crippen molar-refractivity contribution in [2.24, 2.45) is 0 Å². The number of rotatable bonds is 9. The fourth-order valence-electron chi connectivity index (χ4n) is 2.26. The predicted molar refractivity (Wildman–Crippen MR) is 68.3 cm³/mol. The molecule has 17 heavy (non-hydrogen) atoms. The van der Waals surface area contributed by atoms with Crippen LogP contribution in [0, 0.1) is 0 Å². The van der Waals surface area contributed by atoms with Crippen LogP contribution >= 0.6 is 0 Å². The van der Waals surface area contributed by atoms with Gasteiger partial charge in [-0.3, -0.25) is 0 Å². The van der Waals surface area contributed by atoms with Gasteiger partial charge in [-0.1, -0.05) is 13.3 Å². The van der Waals surface area contributed by atoms with Crippen molar-refractivity contribution in [3.63, 3.8) is 0 Å². The normalized spacial score (nSPS) is 30.0. The fourth-order valence-corrected chi connectivity index (χ4v) is 2.26. The van der Waals surface area contributed by atoms with Gasteiger partial charge in [-0.15, -0.1) is 0 Å². The average molecular weight is 245 g/mol. The molecule has 0 bridgehead atoms. The summed E-state index contributed by atoms with van der Waals surface area (Å²) in [5, 5.41) is 3.27. The molecule has 4 unspecified atom stereocenters. The van der Waals surface area contributed by atoms with Crippen molar-refractivity contribution in [1.82, 2.24) is 5.32 Å². The van der Waals surface area contributed by atoms with E-state index < -0.39 is 0 Å². The second-order valence-corrected chi connectivity index (χ2v) is 4.73. The third kappa shape index (κ3) is 4.54. The molecule has 4 atom stereocenters. The summed E-state index contributed by atoms with van der Waals surface area (Å²) in [7, 11) is 3.67. The SMILES string of the molecule is CCCC(C)OC1CC(NC)C1OCCOC. The Kier molecular flexibility index (Phi) is 7.04. The molecule has 1 N–H and O–H groups in total. The summed E-state index contributed by atoms with van der Waals surface area (Å²) in [6.07, 6.45) is 4.07. The third-order valence-electron chi connectivity index (χ3n) is 3.32. The molecular weight excluding hydrogens is 218 g/mol. The molecule has 0 aromatic carbocycles. The zero-order chi connectivity index (χ0) is 12.7. The first-order valence-corrected chi connectivity index (χ1v) is 6.66. The maximum Gasteiger partial charge on any atom is 0.0991 e. The van der Waals surface area contributed by atoms with Crippen LogP contribution in [0.25, 0.3) is 0 Å². The minimum absolute atomic E-state index is 0.175. The lowest BCUT2D eigenvalue weighted by molar-refractivity contribution is -0.168. The van der Waals surface area contributed by atoms with Gasteiger partial charge in [0.2, 0.25) is 0 Å². The highest BCUT2D eigenvalue weighted by molar-refractivity contribution is 4.97. The lowest BCUT2D eigenvalue weighted by atomic mass is 9.85. The highest BCUT2D eigenvalue weighted by Crippen LogP contribution is 2.28. The van der Waals surface area contributed by atoms with Crippen LogP contribution in [0.1, 0.15) is 33.1 Å². The van der Waals surface area contributed by atoms with E-state index in [4.69, 9.17) is 14.2 Å². The van der Waals surface area contributed by atoms with Crippen molar-refractivity contribution in [2.45, 2.75) is 57.5 Å². The number of ether oxygens (including phenoxy) is 3. The van der Waals surface area contributed by atoms with Gasteiger partial charge in [0, 0.05) is 13.2 Å². The van der Waals surface area contributed by atoms with E-state index in [1.54, 1.807) is 7.11 Å². The Bertz CT molecular complexity index is 201. The van der Waals surface area contributed by atoms with Crippen molar-refractivity contribution in [1.29, 1.82) is 0 Å². The zero-order valence-electron chi connectivity index (χ0n) is 11.6. The molecule has 0 amide bonds. The van der Waals surface area contributed by atoms with Gasteiger partial charge >= 0.3 is 0 Å². The Morgan fingerprint density at radius 1 is 1.35 bits per heavy atom. The van der Waals surface area contributed by atoms with Gasteiger partial charge in [0.15, 0.2) is 0 Å². The summed E-state index contributed by atoms with van der Waals surface area (Å²) >= 11 is 0. The monoisotopic (exact) mass is 245 g/mol. The van der Waals surface area contributed by atoms with E-state index in [2.05, 4.69) is 19.2 Å². The summed E-state index contributed by atoms with van der Waals surface area (Å²) in [5.41, 5.74) is 0. The second-order valence-electron chi connectivity index (χ2n) is 4.73. The molecule has 0 spiro atoms. The van der Waals surface area contributed by atoms with Crippen molar-refractivity contribution in [2.75, 3.05) is 27.4 Å². The van der Waals surface area contributed by atoms with Crippen molar-refractivity contribution >= 4 is 0 Å². The van der Waals surface area contributed by atoms with Crippen molar-refractivity contribution in [3.05, 3.63) is 0 Å². The van der Waals surface area contributed by atoms with Crippen LogP contribution in [-0.4, -0.2) is 51.7 Å². The number of likely N-dealkylation sites (N-methyl/N-ethyl adjacent to an activating group) is 1. The van der Waals surface area contributed by atoms with E-state index in [1.165, 1.54) is 6.42 Å². The molecule has 1 aliphatic carbocycles. The summed E-state index contributed by atoms with van der Waals surface area (Å²) in [6.45, 7) is 5.61. The number of hydrogen-bond acceptors (Lipinski definition) is 4. The van der Waals surface area contributed by atoms with E-state index in [0.29, 0.717) is 25.4 Å². The third-order valence-corrected chi connectivity index (χ3v) is 3.32. The highest BCUT2D eigenvalue weighted by Gasteiger charge is 2.42. The van der Waals surface area contributed by atoms with Gasteiger partial charge in [-0.2, -0.15) is 0 Å². The lowest BCUT2D eigenvalue weighted by Gasteiger charge is -2.44. The van der Waals surface area contributed by atoms with Gasteiger partial charge in [0.1, 0.15) is 0 Å². The first-order chi connectivity index (χ1) is 8.22. The molecule has 4 heteroatoms. The highest BCUT2D eigenvalue weighted by atomic mass is 16.6. The molecular formula is C13H27NO3. The molecule has 1 saturated carbocycles. The maximum atomic E-state index is 6.00. The van der Waals surface area contributed by atoms with E-state index >= 15 is 0 Å². The molecule has 1 rings (SSSR count). The minimum atomic E-state index is 0.175. The van der Waals surface area contributed by atoms with Gasteiger partial charge in [-0.05, 0) is 26.8 Å². The van der Waals surface area contributed by atoms with Crippen LogP contribution in [0.4, 0.5) is 0 Å². The summed E-state index contributed by atoms with van der Waals surface area (Å²) in [6, 6.07) is 0.422. The molecule has 4 nitrogen and oxygen atoms in total. The van der Waals surface area contributed by atoms with Crippen LogP contribution in [0.2, 0.25) is 0 Å². The summed E-state index contributed by atoms with van der Waals surface area (Å²) in [5.74, 6) is 0. The van der Waals surface area contributed by atoms with Crippen molar-refractivity contribution in [3.8, 4) is 0 Å². The topological polar surface area (TPSA) is 39.7 Å².